The van der Waals surface area contributed by atoms with Crippen molar-refractivity contribution in [1.82, 2.24) is 0 Å². The minimum absolute atomic E-state index is 0.560. The molecule has 0 aliphatic carbocycles. The van der Waals surface area contributed by atoms with Crippen molar-refractivity contribution in [1.29, 1.82) is 0 Å². The molecule has 0 N–H and O–H groups in total. The second-order valence-corrected chi connectivity index (χ2v) is 3.82. The standard InChI is InChI=1S/C15H13FO2/c16-11-14(17)18-15(12-7-3-1-4-8-12)13-9-5-2-6-10-13/h1-10,15H,11H2. The van der Waals surface area contributed by atoms with E-state index in [0.29, 0.717) is 0 Å². The summed E-state index contributed by atoms with van der Waals surface area (Å²) < 4.78 is 17.5. The van der Waals surface area contributed by atoms with Gasteiger partial charge in [0.05, 0.1) is 0 Å². The number of carbonyl (C=O) groups is 1. The SMILES string of the molecule is O=C(CF)OC(c1ccccc1)c1ccccc1. The molecule has 0 unspecified atom stereocenters. The first kappa shape index (κ1) is 12.3. The molecule has 0 amide bonds. The van der Waals surface area contributed by atoms with Crippen LogP contribution in [-0.4, -0.2) is 12.6 Å². The summed E-state index contributed by atoms with van der Waals surface area (Å²) in [7, 11) is 0. The van der Waals surface area contributed by atoms with Crippen LogP contribution in [0.5, 0.6) is 0 Å². The molecule has 18 heavy (non-hydrogen) atoms. The highest BCUT2D eigenvalue weighted by molar-refractivity contribution is 5.71. The molecular formula is C15H13FO2. The molecule has 0 bridgehead atoms. The van der Waals surface area contributed by atoms with Crippen LogP contribution < -0.4 is 0 Å². The Morgan fingerprint density at radius 1 is 0.944 bits per heavy atom. The maximum absolute atomic E-state index is 12.3. The fourth-order valence-corrected chi connectivity index (χ4v) is 1.75. The lowest BCUT2D eigenvalue weighted by Gasteiger charge is -2.18. The Bertz CT molecular complexity index is 457. The van der Waals surface area contributed by atoms with E-state index in [-0.39, 0.29) is 0 Å². The van der Waals surface area contributed by atoms with Gasteiger partial charge in [-0.05, 0) is 11.1 Å². The third-order valence-corrected chi connectivity index (χ3v) is 2.56. The van der Waals surface area contributed by atoms with Crippen LogP contribution in [0, 0.1) is 0 Å². The van der Waals surface area contributed by atoms with Gasteiger partial charge in [0.25, 0.3) is 0 Å². The number of hydrogen-bond donors (Lipinski definition) is 0. The van der Waals surface area contributed by atoms with Gasteiger partial charge in [0.2, 0.25) is 0 Å². The molecule has 0 aliphatic rings. The van der Waals surface area contributed by atoms with E-state index in [0.717, 1.165) is 11.1 Å². The van der Waals surface area contributed by atoms with Crippen molar-refractivity contribution in [3.63, 3.8) is 0 Å². The van der Waals surface area contributed by atoms with Crippen LogP contribution in [0.4, 0.5) is 4.39 Å². The van der Waals surface area contributed by atoms with Crippen molar-refractivity contribution in [2.24, 2.45) is 0 Å². The molecule has 0 aromatic heterocycles. The molecule has 2 aromatic rings. The summed E-state index contributed by atoms with van der Waals surface area (Å²) in [6, 6.07) is 18.6. The zero-order valence-corrected chi connectivity index (χ0v) is 9.75. The molecular weight excluding hydrogens is 231 g/mol. The number of carbonyl (C=O) groups excluding carboxylic acids is 1. The third kappa shape index (κ3) is 2.94. The third-order valence-electron chi connectivity index (χ3n) is 2.56. The average Bonchev–Trinajstić information content (AvgIpc) is 2.46. The first-order valence-corrected chi connectivity index (χ1v) is 5.66. The maximum atomic E-state index is 12.3. The van der Waals surface area contributed by atoms with E-state index >= 15 is 0 Å². The molecule has 3 heteroatoms. The van der Waals surface area contributed by atoms with Gasteiger partial charge in [-0.1, -0.05) is 60.7 Å². The Kier molecular flexibility index (Phi) is 4.07. The molecule has 2 rings (SSSR count). The number of ether oxygens (including phenoxy) is 1. The summed E-state index contributed by atoms with van der Waals surface area (Å²) in [5.74, 6) is -0.854. The number of benzene rings is 2. The fraction of sp³-hybridized carbons (Fsp3) is 0.133. The summed E-state index contributed by atoms with van der Waals surface area (Å²) in [5, 5.41) is 0. The van der Waals surface area contributed by atoms with Gasteiger partial charge in [0.15, 0.2) is 12.8 Å². The number of hydrogen-bond acceptors (Lipinski definition) is 2. The zero-order chi connectivity index (χ0) is 12.8. The van der Waals surface area contributed by atoms with Crippen LogP contribution >= 0.6 is 0 Å². The first-order valence-electron chi connectivity index (χ1n) is 5.66. The van der Waals surface area contributed by atoms with Crippen LogP contribution in [0.15, 0.2) is 60.7 Å². The van der Waals surface area contributed by atoms with Gasteiger partial charge in [-0.2, -0.15) is 0 Å². The number of halogens is 1. The predicted molar refractivity (Wildman–Crippen MR) is 66.8 cm³/mol. The maximum Gasteiger partial charge on any atom is 0.338 e. The predicted octanol–water partition coefficient (Wildman–Crippen LogP) is 3.29. The molecule has 2 aromatic carbocycles. The highest BCUT2D eigenvalue weighted by Gasteiger charge is 2.18. The first-order chi connectivity index (χ1) is 8.81. The smallest absolute Gasteiger partial charge is 0.338 e. The Morgan fingerprint density at radius 3 is 1.78 bits per heavy atom. The Labute approximate surface area is 105 Å². The van der Waals surface area contributed by atoms with E-state index in [4.69, 9.17) is 4.74 Å². The van der Waals surface area contributed by atoms with Gasteiger partial charge in [0, 0.05) is 0 Å². The van der Waals surface area contributed by atoms with Crippen molar-refractivity contribution >= 4 is 5.97 Å². The highest BCUT2D eigenvalue weighted by atomic mass is 19.1. The average molecular weight is 244 g/mol. The number of alkyl halides is 1. The van der Waals surface area contributed by atoms with Crippen LogP contribution in [0.1, 0.15) is 17.2 Å². The Hall–Kier alpha value is -2.16. The molecule has 0 spiro atoms. The lowest BCUT2D eigenvalue weighted by atomic mass is 10.0. The fourth-order valence-electron chi connectivity index (χ4n) is 1.75. The van der Waals surface area contributed by atoms with Crippen LogP contribution in [0.2, 0.25) is 0 Å². The van der Waals surface area contributed by atoms with Gasteiger partial charge in [-0.3, -0.25) is 0 Å². The lowest BCUT2D eigenvalue weighted by molar-refractivity contribution is -0.148. The molecule has 0 saturated heterocycles. The summed E-state index contributed by atoms with van der Waals surface area (Å²) >= 11 is 0. The number of esters is 1. The van der Waals surface area contributed by atoms with Crippen LogP contribution in [0.25, 0.3) is 0 Å². The van der Waals surface area contributed by atoms with E-state index in [2.05, 4.69) is 0 Å². The van der Waals surface area contributed by atoms with Crippen molar-refractivity contribution in [3.8, 4) is 0 Å². The van der Waals surface area contributed by atoms with Crippen LogP contribution in [-0.2, 0) is 9.53 Å². The molecule has 0 atom stereocenters. The second kappa shape index (κ2) is 5.96. The van der Waals surface area contributed by atoms with Crippen molar-refractivity contribution in [3.05, 3.63) is 71.8 Å². The van der Waals surface area contributed by atoms with Crippen molar-refractivity contribution < 1.29 is 13.9 Å². The molecule has 0 fully saturated rings. The topological polar surface area (TPSA) is 26.3 Å². The number of rotatable bonds is 4. The summed E-state index contributed by atoms with van der Waals surface area (Å²) in [5.41, 5.74) is 1.65. The Morgan fingerprint density at radius 2 is 1.39 bits per heavy atom. The van der Waals surface area contributed by atoms with E-state index in [1.54, 1.807) is 0 Å². The normalized spacial score (nSPS) is 10.3. The van der Waals surface area contributed by atoms with E-state index in [1.165, 1.54) is 0 Å². The van der Waals surface area contributed by atoms with E-state index in [1.807, 2.05) is 60.7 Å². The van der Waals surface area contributed by atoms with Crippen molar-refractivity contribution in [2.45, 2.75) is 6.10 Å². The van der Waals surface area contributed by atoms with Gasteiger partial charge in [0.1, 0.15) is 0 Å². The highest BCUT2D eigenvalue weighted by Crippen LogP contribution is 2.25. The second-order valence-electron chi connectivity index (χ2n) is 3.82. The molecule has 0 radical (unpaired) electrons. The monoisotopic (exact) mass is 244 g/mol. The minimum Gasteiger partial charge on any atom is -0.451 e. The van der Waals surface area contributed by atoms with Gasteiger partial charge < -0.3 is 4.74 Å². The largest absolute Gasteiger partial charge is 0.451 e. The van der Waals surface area contributed by atoms with Gasteiger partial charge in [-0.25, -0.2) is 9.18 Å². The minimum atomic E-state index is -1.11. The van der Waals surface area contributed by atoms with Crippen LogP contribution in [0.3, 0.4) is 0 Å². The summed E-state index contributed by atoms with van der Waals surface area (Å²) in [6.07, 6.45) is -0.560. The summed E-state index contributed by atoms with van der Waals surface area (Å²) in [4.78, 5) is 11.2. The summed E-state index contributed by atoms with van der Waals surface area (Å²) in [6.45, 7) is -1.11. The van der Waals surface area contributed by atoms with E-state index in [9.17, 15) is 9.18 Å². The molecule has 0 saturated carbocycles. The lowest BCUT2D eigenvalue weighted by Crippen LogP contribution is -2.13. The van der Waals surface area contributed by atoms with Gasteiger partial charge in [-0.15, -0.1) is 0 Å². The molecule has 2 nitrogen and oxygen atoms in total. The van der Waals surface area contributed by atoms with Gasteiger partial charge >= 0.3 is 5.97 Å². The Balaban J connectivity index is 2.32. The van der Waals surface area contributed by atoms with Crippen molar-refractivity contribution in [2.75, 3.05) is 6.67 Å². The molecule has 0 heterocycles. The molecule has 92 valence electrons. The zero-order valence-electron chi connectivity index (χ0n) is 9.75. The molecule has 0 aliphatic heterocycles. The quantitative estimate of drug-likeness (QED) is 0.771. The van der Waals surface area contributed by atoms with E-state index < -0.39 is 18.7 Å².